The highest BCUT2D eigenvalue weighted by molar-refractivity contribution is 9.10. The quantitative estimate of drug-likeness (QED) is 0.849. The lowest BCUT2D eigenvalue weighted by Crippen LogP contribution is -2.37. The zero-order valence-corrected chi connectivity index (χ0v) is 13.1. The van der Waals surface area contributed by atoms with Gasteiger partial charge in [-0.1, -0.05) is 22.0 Å². The van der Waals surface area contributed by atoms with Crippen LogP contribution in [0, 0.1) is 6.92 Å². The lowest BCUT2D eigenvalue weighted by atomic mass is 10.1. The van der Waals surface area contributed by atoms with E-state index in [1.54, 1.807) is 0 Å². The number of halogens is 1. The fraction of sp³-hybridized carbons (Fsp3) is 0.533. The molecule has 1 aromatic rings. The van der Waals surface area contributed by atoms with Crippen molar-refractivity contribution in [2.75, 3.05) is 19.7 Å². The first-order valence-corrected chi connectivity index (χ1v) is 7.58. The Balaban J connectivity index is 2.12. The van der Waals surface area contributed by atoms with Crippen molar-refractivity contribution in [3.63, 3.8) is 0 Å². The number of likely N-dealkylation sites (N-methyl/N-ethyl adjacent to an activating group) is 1. The van der Waals surface area contributed by atoms with Gasteiger partial charge in [-0.3, -0.25) is 4.79 Å². The first kappa shape index (κ1) is 14.5. The molecule has 1 fully saturated rings. The molecule has 1 aliphatic heterocycles. The molecular formula is C15H20BrNO2. The van der Waals surface area contributed by atoms with Crippen molar-refractivity contribution >= 4 is 21.8 Å². The number of benzene rings is 1. The number of hydrogen-bond donors (Lipinski definition) is 0. The SMILES string of the molecule is CCN(CC1CCCO1)C(=O)c1cc(Br)ccc1C. The second-order valence-corrected chi connectivity index (χ2v) is 5.85. The largest absolute Gasteiger partial charge is 0.376 e. The minimum atomic E-state index is 0.0943. The van der Waals surface area contributed by atoms with E-state index in [9.17, 15) is 4.79 Å². The predicted octanol–water partition coefficient (Wildman–Crippen LogP) is 3.40. The summed E-state index contributed by atoms with van der Waals surface area (Å²) in [5.74, 6) is 0.0943. The number of aryl methyl sites for hydroxylation is 1. The van der Waals surface area contributed by atoms with Gasteiger partial charge in [-0.05, 0) is 44.4 Å². The first-order valence-electron chi connectivity index (χ1n) is 6.79. The summed E-state index contributed by atoms with van der Waals surface area (Å²) in [5, 5.41) is 0. The van der Waals surface area contributed by atoms with E-state index in [1.807, 2.05) is 36.9 Å². The smallest absolute Gasteiger partial charge is 0.254 e. The zero-order chi connectivity index (χ0) is 13.8. The van der Waals surface area contributed by atoms with Gasteiger partial charge < -0.3 is 9.64 Å². The topological polar surface area (TPSA) is 29.5 Å². The molecule has 4 heteroatoms. The van der Waals surface area contributed by atoms with E-state index in [4.69, 9.17) is 4.74 Å². The highest BCUT2D eigenvalue weighted by Gasteiger charge is 2.23. The summed E-state index contributed by atoms with van der Waals surface area (Å²) in [7, 11) is 0. The Morgan fingerprint density at radius 2 is 2.32 bits per heavy atom. The molecule has 104 valence electrons. The van der Waals surface area contributed by atoms with Gasteiger partial charge in [-0.25, -0.2) is 0 Å². The van der Waals surface area contributed by atoms with Crippen molar-refractivity contribution in [1.82, 2.24) is 4.90 Å². The van der Waals surface area contributed by atoms with Crippen LogP contribution in [-0.4, -0.2) is 36.6 Å². The summed E-state index contributed by atoms with van der Waals surface area (Å²) in [6, 6.07) is 5.83. The van der Waals surface area contributed by atoms with E-state index in [1.165, 1.54) is 0 Å². The van der Waals surface area contributed by atoms with Gasteiger partial charge in [-0.15, -0.1) is 0 Å². The van der Waals surface area contributed by atoms with Gasteiger partial charge in [-0.2, -0.15) is 0 Å². The molecule has 1 aliphatic rings. The van der Waals surface area contributed by atoms with Gasteiger partial charge in [0, 0.05) is 29.7 Å². The Labute approximate surface area is 123 Å². The molecular weight excluding hydrogens is 306 g/mol. The van der Waals surface area contributed by atoms with Crippen molar-refractivity contribution < 1.29 is 9.53 Å². The molecule has 0 aliphatic carbocycles. The normalized spacial score (nSPS) is 18.6. The number of nitrogens with zero attached hydrogens (tertiary/aromatic N) is 1. The molecule has 3 nitrogen and oxygen atoms in total. The van der Waals surface area contributed by atoms with Crippen molar-refractivity contribution in [3.05, 3.63) is 33.8 Å². The summed E-state index contributed by atoms with van der Waals surface area (Å²) in [6.45, 7) is 6.22. The fourth-order valence-corrected chi connectivity index (χ4v) is 2.75. The van der Waals surface area contributed by atoms with Crippen LogP contribution in [0.5, 0.6) is 0 Å². The van der Waals surface area contributed by atoms with Crippen LogP contribution in [0.15, 0.2) is 22.7 Å². The Hall–Kier alpha value is -0.870. The van der Waals surface area contributed by atoms with Crippen LogP contribution >= 0.6 is 15.9 Å². The standard InChI is InChI=1S/C15H20BrNO2/c1-3-17(10-13-5-4-8-19-13)15(18)14-9-12(16)7-6-11(14)2/h6-7,9,13H,3-5,8,10H2,1-2H3. The molecule has 1 heterocycles. The van der Waals surface area contributed by atoms with E-state index in [0.29, 0.717) is 13.1 Å². The van der Waals surface area contributed by atoms with Gasteiger partial charge in [0.2, 0.25) is 0 Å². The van der Waals surface area contributed by atoms with Gasteiger partial charge in [0.15, 0.2) is 0 Å². The van der Waals surface area contributed by atoms with Crippen molar-refractivity contribution in [2.24, 2.45) is 0 Å². The number of hydrogen-bond acceptors (Lipinski definition) is 2. The predicted molar refractivity (Wildman–Crippen MR) is 79.4 cm³/mol. The second kappa shape index (κ2) is 6.53. The van der Waals surface area contributed by atoms with Crippen LogP contribution in [0.3, 0.4) is 0 Å². The van der Waals surface area contributed by atoms with Crippen LogP contribution in [0.4, 0.5) is 0 Å². The summed E-state index contributed by atoms with van der Waals surface area (Å²) in [4.78, 5) is 14.5. The number of rotatable bonds is 4. The van der Waals surface area contributed by atoms with Crippen LogP contribution in [-0.2, 0) is 4.74 Å². The number of carbonyl (C=O) groups is 1. The molecule has 1 saturated heterocycles. The van der Waals surface area contributed by atoms with E-state index in [0.717, 1.165) is 35.0 Å². The summed E-state index contributed by atoms with van der Waals surface area (Å²) in [5.41, 5.74) is 1.79. The first-order chi connectivity index (χ1) is 9.11. The lowest BCUT2D eigenvalue weighted by Gasteiger charge is -2.24. The van der Waals surface area contributed by atoms with E-state index in [-0.39, 0.29) is 12.0 Å². The Morgan fingerprint density at radius 3 is 2.95 bits per heavy atom. The third-order valence-electron chi connectivity index (χ3n) is 3.55. The summed E-state index contributed by atoms with van der Waals surface area (Å²) >= 11 is 3.43. The molecule has 1 amide bonds. The average Bonchev–Trinajstić information content (AvgIpc) is 2.91. The number of amides is 1. The summed E-state index contributed by atoms with van der Waals surface area (Å²) < 4.78 is 6.56. The van der Waals surface area contributed by atoms with Crippen LogP contribution in [0.1, 0.15) is 35.7 Å². The maximum atomic E-state index is 12.6. The second-order valence-electron chi connectivity index (χ2n) is 4.94. The molecule has 19 heavy (non-hydrogen) atoms. The minimum absolute atomic E-state index is 0.0943. The third-order valence-corrected chi connectivity index (χ3v) is 4.04. The van der Waals surface area contributed by atoms with Crippen molar-refractivity contribution in [2.45, 2.75) is 32.8 Å². The molecule has 0 bridgehead atoms. The van der Waals surface area contributed by atoms with Gasteiger partial charge in [0.25, 0.3) is 5.91 Å². The van der Waals surface area contributed by atoms with E-state index in [2.05, 4.69) is 15.9 Å². The highest BCUT2D eigenvalue weighted by atomic mass is 79.9. The molecule has 0 saturated carbocycles. The van der Waals surface area contributed by atoms with E-state index < -0.39 is 0 Å². The Kier molecular flexibility index (Phi) is 4.99. The molecule has 2 rings (SSSR count). The average molecular weight is 326 g/mol. The van der Waals surface area contributed by atoms with Crippen molar-refractivity contribution in [3.8, 4) is 0 Å². The highest BCUT2D eigenvalue weighted by Crippen LogP contribution is 2.19. The van der Waals surface area contributed by atoms with E-state index >= 15 is 0 Å². The van der Waals surface area contributed by atoms with Gasteiger partial charge >= 0.3 is 0 Å². The molecule has 1 atom stereocenters. The minimum Gasteiger partial charge on any atom is -0.376 e. The number of carbonyl (C=O) groups excluding carboxylic acids is 1. The maximum absolute atomic E-state index is 12.6. The monoisotopic (exact) mass is 325 g/mol. The fourth-order valence-electron chi connectivity index (χ4n) is 2.38. The van der Waals surface area contributed by atoms with Gasteiger partial charge in [0.05, 0.1) is 6.10 Å². The van der Waals surface area contributed by atoms with Crippen LogP contribution < -0.4 is 0 Å². The van der Waals surface area contributed by atoms with Crippen LogP contribution in [0.25, 0.3) is 0 Å². The lowest BCUT2D eigenvalue weighted by molar-refractivity contribution is 0.0538. The molecule has 0 spiro atoms. The molecule has 1 unspecified atom stereocenters. The van der Waals surface area contributed by atoms with Crippen LogP contribution in [0.2, 0.25) is 0 Å². The Morgan fingerprint density at radius 1 is 1.53 bits per heavy atom. The summed E-state index contributed by atoms with van der Waals surface area (Å²) in [6.07, 6.45) is 2.37. The van der Waals surface area contributed by atoms with Gasteiger partial charge in [0.1, 0.15) is 0 Å². The number of ether oxygens (including phenoxy) is 1. The molecule has 0 radical (unpaired) electrons. The maximum Gasteiger partial charge on any atom is 0.254 e. The third kappa shape index (κ3) is 3.57. The Bertz CT molecular complexity index is 455. The molecule has 1 aromatic carbocycles. The molecule has 0 aromatic heterocycles. The molecule has 0 N–H and O–H groups in total. The zero-order valence-electron chi connectivity index (χ0n) is 11.5. The van der Waals surface area contributed by atoms with Crippen molar-refractivity contribution in [1.29, 1.82) is 0 Å².